The molecule has 2 fully saturated rings. The third kappa shape index (κ3) is 2.61. The Balaban J connectivity index is 1.64. The highest BCUT2D eigenvalue weighted by molar-refractivity contribution is 5.91. The summed E-state index contributed by atoms with van der Waals surface area (Å²) in [4.78, 5) is 21.2. The minimum absolute atomic E-state index is 0.0406. The lowest BCUT2D eigenvalue weighted by atomic mass is 9.95. The molecule has 9 heteroatoms. The molecule has 1 atom stereocenters. The van der Waals surface area contributed by atoms with E-state index in [9.17, 15) is 4.79 Å². The fourth-order valence-corrected chi connectivity index (χ4v) is 4.32. The van der Waals surface area contributed by atoms with Crippen LogP contribution in [-0.2, 0) is 12.6 Å². The molecule has 1 unspecified atom stereocenters. The molecule has 0 N–H and O–H groups in total. The molecule has 0 aromatic carbocycles. The summed E-state index contributed by atoms with van der Waals surface area (Å²) >= 11 is 0. The first-order chi connectivity index (χ1) is 12.5. The molecule has 0 spiro atoms. The molecule has 1 aliphatic heterocycles. The molecule has 0 radical (unpaired) electrons. The van der Waals surface area contributed by atoms with Crippen molar-refractivity contribution in [2.24, 2.45) is 7.05 Å². The zero-order valence-corrected chi connectivity index (χ0v) is 15.7. The minimum atomic E-state index is -0.368. The molecule has 2 aliphatic rings. The number of likely N-dealkylation sites (tertiary alicyclic amines) is 1. The number of imidazole rings is 1. The topological polar surface area (TPSA) is 85.0 Å². The second-order valence-electron chi connectivity index (χ2n) is 7.65. The number of amides is 1. The summed E-state index contributed by atoms with van der Waals surface area (Å²) in [6.45, 7) is 1.24. The Morgan fingerprint density at radius 1 is 1.31 bits per heavy atom. The lowest BCUT2D eigenvalue weighted by molar-refractivity contribution is 0.0722. The van der Waals surface area contributed by atoms with Crippen molar-refractivity contribution in [2.45, 2.75) is 43.7 Å². The van der Waals surface area contributed by atoms with Gasteiger partial charge in [-0.15, -0.1) is 5.10 Å². The van der Waals surface area contributed by atoms with Crippen LogP contribution in [0.25, 0.3) is 0 Å². The second kappa shape index (κ2) is 6.46. The standard InChI is InChI=1S/C17H26N8O/c1-22(2)17(16-19-20-21-25(16)13-6-4-5-7-13)8-10-24(12-17)15(26)14-18-9-11-23(14)3/h9,11,13H,4-8,10,12H2,1-3H3. The lowest BCUT2D eigenvalue weighted by Crippen LogP contribution is -2.47. The van der Waals surface area contributed by atoms with Gasteiger partial charge in [0.2, 0.25) is 0 Å². The number of hydrogen-bond donors (Lipinski definition) is 0. The van der Waals surface area contributed by atoms with Gasteiger partial charge in [0.1, 0.15) is 5.54 Å². The van der Waals surface area contributed by atoms with E-state index in [4.69, 9.17) is 0 Å². The summed E-state index contributed by atoms with van der Waals surface area (Å²) in [5.41, 5.74) is -0.368. The van der Waals surface area contributed by atoms with Crippen molar-refractivity contribution in [3.63, 3.8) is 0 Å². The van der Waals surface area contributed by atoms with Crippen LogP contribution in [0.1, 0.15) is 54.6 Å². The average molecular weight is 358 g/mol. The lowest BCUT2D eigenvalue weighted by Gasteiger charge is -2.35. The maximum atomic E-state index is 12.9. The SMILES string of the molecule is CN(C)C1(c2nnnn2C2CCCC2)CCN(C(=O)c2nccn2C)C1. The van der Waals surface area contributed by atoms with Gasteiger partial charge >= 0.3 is 0 Å². The molecule has 1 saturated carbocycles. The van der Waals surface area contributed by atoms with Crippen LogP contribution in [0, 0.1) is 0 Å². The van der Waals surface area contributed by atoms with Gasteiger partial charge in [0.15, 0.2) is 11.6 Å². The first-order valence-electron chi connectivity index (χ1n) is 9.25. The van der Waals surface area contributed by atoms with Gasteiger partial charge in [-0.1, -0.05) is 12.8 Å². The van der Waals surface area contributed by atoms with Crippen LogP contribution in [0.5, 0.6) is 0 Å². The Morgan fingerprint density at radius 3 is 2.73 bits per heavy atom. The van der Waals surface area contributed by atoms with Crippen molar-refractivity contribution < 1.29 is 4.79 Å². The van der Waals surface area contributed by atoms with Crippen molar-refractivity contribution in [2.75, 3.05) is 27.2 Å². The van der Waals surface area contributed by atoms with Crippen LogP contribution < -0.4 is 0 Å². The molecule has 1 saturated heterocycles. The monoisotopic (exact) mass is 358 g/mol. The average Bonchev–Trinajstić information content (AvgIpc) is 3.38. The maximum absolute atomic E-state index is 12.9. The molecule has 26 heavy (non-hydrogen) atoms. The fourth-order valence-electron chi connectivity index (χ4n) is 4.32. The number of aromatic nitrogens is 6. The summed E-state index contributed by atoms with van der Waals surface area (Å²) in [5, 5.41) is 12.7. The van der Waals surface area contributed by atoms with Crippen LogP contribution in [0.3, 0.4) is 0 Å². The van der Waals surface area contributed by atoms with E-state index < -0.39 is 0 Å². The van der Waals surface area contributed by atoms with Crippen LogP contribution in [0.2, 0.25) is 0 Å². The van der Waals surface area contributed by atoms with Gasteiger partial charge < -0.3 is 9.47 Å². The minimum Gasteiger partial charge on any atom is -0.334 e. The molecule has 9 nitrogen and oxygen atoms in total. The Hall–Kier alpha value is -2.29. The second-order valence-corrected chi connectivity index (χ2v) is 7.65. The molecule has 3 heterocycles. The third-order valence-electron chi connectivity index (χ3n) is 5.98. The van der Waals surface area contributed by atoms with E-state index in [1.54, 1.807) is 17.0 Å². The Kier molecular flexibility index (Phi) is 4.26. The van der Waals surface area contributed by atoms with Gasteiger partial charge in [-0.25, -0.2) is 9.67 Å². The van der Waals surface area contributed by atoms with Gasteiger partial charge in [-0.3, -0.25) is 9.69 Å². The number of carbonyl (C=O) groups is 1. The largest absolute Gasteiger partial charge is 0.334 e. The van der Waals surface area contributed by atoms with Crippen molar-refractivity contribution in [3.8, 4) is 0 Å². The Bertz CT molecular complexity index is 790. The van der Waals surface area contributed by atoms with Crippen molar-refractivity contribution >= 4 is 5.91 Å². The number of rotatable bonds is 4. The highest BCUT2D eigenvalue weighted by Crippen LogP contribution is 2.38. The molecule has 0 bridgehead atoms. The first kappa shape index (κ1) is 17.1. The van der Waals surface area contributed by atoms with Crippen molar-refractivity contribution in [1.29, 1.82) is 0 Å². The molecule has 4 rings (SSSR count). The molecule has 1 aliphatic carbocycles. The first-order valence-corrected chi connectivity index (χ1v) is 9.25. The molecule has 2 aromatic heterocycles. The van der Waals surface area contributed by atoms with E-state index in [2.05, 4.69) is 25.4 Å². The van der Waals surface area contributed by atoms with E-state index >= 15 is 0 Å². The number of tetrazole rings is 1. The normalized spacial score (nSPS) is 24.1. The van der Waals surface area contributed by atoms with Crippen LogP contribution in [-0.4, -0.2) is 72.7 Å². The highest BCUT2D eigenvalue weighted by atomic mass is 16.2. The number of hydrogen-bond acceptors (Lipinski definition) is 6. The number of aryl methyl sites for hydroxylation is 1. The summed E-state index contributed by atoms with van der Waals surface area (Å²) in [7, 11) is 5.93. The van der Waals surface area contributed by atoms with E-state index in [1.165, 1.54) is 12.8 Å². The third-order valence-corrected chi connectivity index (χ3v) is 5.98. The number of likely N-dealkylation sites (N-methyl/N-ethyl adjacent to an activating group) is 1. The number of carbonyl (C=O) groups excluding carboxylic acids is 1. The molecule has 140 valence electrons. The van der Waals surface area contributed by atoms with Crippen molar-refractivity contribution in [1.82, 2.24) is 39.6 Å². The van der Waals surface area contributed by atoms with E-state index in [0.29, 0.717) is 25.0 Å². The van der Waals surface area contributed by atoms with Gasteiger partial charge in [0.05, 0.1) is 6.04 Å². The van der Waals surface area contributed by atoms with Crippen LogP contribution in [0.15, 0.2) is 12.4 Å². The zero-order valence-electron chi connectivity index (χ0n) is 15.7. The zero-order chi connectivity index (χ0) is 18.3. The molecule has 1 amide bonds. The van der Waals surface area contributed by atoms with Crippen LogP contribution >= 0.6 is 0 Å². The molecular formula is C17H26N8O. The van der Waals surface area contributed by atoms with Gasteiger partial charge in [-0.2, -0.15) is 0 Å². The fraction of sp³-hybridized carbons (Fsp3) is 0.706. The number of nitrogens with zero attached hydrogens (tertiary/aromatic N) is 8. The van der Waals surface area contributed by atoms with Crippen LogP contribution in [0.4, 0.5) is 0 Å². The van der Waals surface area contributed by atoms with E-state index in [0.717, 1.165) is 25.1 Å². The predicted octanol–water partition coefficient (Wildman–Crippen LogP) is 0.825. The van der Waals surface area contributed by atoms with E-state index in [1.807, 2.05) is 30.7 Å². The van der Waals surface area contributed by atoms with Gasteiger partial charge in [-0.05, 0) is 43.8 Å². The van der Waals surface area contributed by atoms with Gasteiger partial charge in [0, 0.05) is 32.5 Å². The predicted molar refractivity (Wildman–Crippen MR) is 94.4 cm³/mol. The summed E-state index contributed by atoms with van der Waals surface area (Å²) in [6, 6.07) is 0.371. The summed E-state index contributed by atoms with van der Waals surface area (Å²) in [6.07, 6.45) is 8.95. The Labute approximate surface area is 153 Å². The quantitative estimate of drug-likeness (QED) is 0.805. The van der Waals surface area contributed by atoms with Crippen molar-refractivity contribution in [3.05, 3.63) is 24.0 Å². The highest BCUT2D eigenvalue weighted by Gasteiger charge is 2.48. The molecular weight excluding hydrogens is 332 g/mol. The summed E-state index contributed by atoms with van der Waals surface area (Å²) in [5.74, 6) is 1.31. The molecule has 2 aromatic rings. The van der Waals surface area contributed by atoms with Gasteiger partial charge in [0.25, 0.3) is 5.91 Å². The summed E-state index contributed by atoms with van der Waals surface area (Å²) < 4.78 is 3.78. The Morgan fingerprint density at radius 2 is 2.08 bits per heavy atom. The maximum Gasteiger partial charge on any atom is 0.289 e. The van der Waals surface area contributed by atoms with E-state index in [-0.39, 0.29) is 11.4 Å². The smallest absolute Gasteiger partial charge is 0.289 e.